The number of H-pyrrole nitrogens is 1. The number of carbonyl (C=O) groups is 3. The quantitative estimate of drug-likeness (QED) is 0.419. The number of aryl methyl sites for hydroxylation is 1. The highest BCUT2D eigenvalue weighted by Crippen LogP contribution is 2.23. The molecule has 2 aromatic rings. The highest BCUT2D eigenvalue weighted by atomic mass is 16.5. The number of nitrogens with zero attached hydrogens (tertiary/aromatic N) is 1. The second kappa shape index (κ2) is 9.23. The first kappa shape index (κ1) is 21.9. The largest absolute Gasteiger partial charge is 0.497 e. The lowest BCUT2D eigenvalue weighted by molar-refractivity contribution is 0.0593. The fourth-order valence-corrected chi connectivity index (χ4v) is 3.25. The summed E-state index contributed by atoms with van der Waals surface area (Å²) in [7, 11) is 2.80. The van der Waals surface area contributed by atoms with Gasteiger partial charge in [-0.2, -0.15) is 0 Å². The van der Waals surface area contributed by atoms with E-state index in [9.17, 15) is 14.4 Å². The number of hydrogen-bond acceptors (Lipinski definition) is 5. The van der Waals surface area contributed by atoms with Crippen molar-refractivity contribution in [3.05, 3.63) is 65.0 Å². The van der Waals surface area contributed by atoms with Crippen LogP contribution in [-0.4, -0.2) is 54.3 Å². The highest BCUT2D eigenvalue weighted by molar-refractivity contribution is 6.07. The van der Waals surface area contributed by atoms with E-state index in [1.807, 2.05) is 0 Å². The molecule has 1 N–H and O–H groups in total. The molecule has 154 valence electrons. The SMILES string of the molecule is C=CCN(C(=O)c1cccc(OC)c1)[C@H](C)C(=O)c1c(C)[nH]c(C(=O)OC)c1C. The van der Waals surface area contributed by atoms with Gasteiger partial charge in [-0.3, -0.25) is 9.59 Å². The maximum absolute atomic E-state index is 13.3. The van der Waals surface area contributed by atoms with Crippen molar-refractivity contribution in [2.75, 3.05) is 20.8 Å². The molecule has 0 saturated heterocycles. The molecule has 29 heavy (non-hydrogen) atoms. The Bertz CT molecular complexity index is 945. The summed E-state index contributed by atoms with van der Waals surface area (Å²) in [4.78, 5) is 42.6. The van der Waals surface area contributed by atoms with Gasteiger partial charge in [0, 0.05) is 23.4 Å². The first-order chi connectivity index (χ1) is 13.8. The number of aromatic nitrogens is 1. The Kier molecular flexibility index (Phi) is 6.98. The number of hydrogen-bond donors (Lipinski definition) is 1. The number of rotatable bonds is 8. The van der Waals surface area contributed by atoms with Crippen LogP contribution in [0.5, 0.6) is 5.75 Å². The van der Waals surface area contributed by atoms with Crippen molar-refractivity contribution in [2.24, 2.45) is 0 Å². The van der Waals surface area contributed by atoms with Crippen molar-refractivity contribution in [3.63, 3.8) is 0 Å². The Labute approximate surface area is 170 Å². The number of aromatic amines is 1. The number of amides is 1. The number of Topliss-reactive ketones (excluding diaryl/α,β-unsaturated/α-hetero) is 1. The summed E-state index contributed by atoms with van der Waals surface area (Å²) in [5, 5.41) is 0. The molecule has 0 saturated carbocycles. The van der Waals surface area contributed by atoms with Crippen molar-refractivity contribution >= 4 is 17.7 Å². The third kappa shape index (κ3) is 4.39. The number of benzene rings is 1. The van der Waals surface area contributed by atoms with E-state index in [1.165, 1.54) is 19.1 Å². The Morgan fingerprint density at radius 3 is 2.52 bits per heavy atom. The van der Waals surface area contributed by atoms with E-state index in [4.69, 9.17) is 9.47 Å². The topological polar surface area (TPSA) is 88.7 Å². The maximum Gasteiger partial charge on any atom is 0.354 e. The summed E-state index contributed by atoms with van der Waals surface area (Å²) >= 11 is 0. The van der Waals surface area contributed by atoms with Crippen molar-refractivity contribution in [2.45, 2.75) is 26.8 Å². The van der Waals surface area contributed by atoms with Gasteiger partial charge in [-0.15, -0.1) is 6.58 Å². The molecule has 0 unspecified atom stereocenters. The molecule has 0 aliphatic carbocycles. The van der Waals surface area contributed by atoms with Crippen LogP contribution < -0.4 is 4.74 Å². The Morgan fingerprint density at radius 2 is 1.93 bits per heavy atom. The third-order valence-corrected chi connectivity index (χ3v) is 4.82. The number of ketones is 1. The maximum atomic E-state index is 13.3. The molecule has 7 nitrogen and oxygen atoms in total. The number of carbonyl (C=O) groups excluding carboxylic acids is 3. The average molecular weight is 398 g/mol. The van der Waals surface area contributed by atoms with Gasteiger partial charge in [0.1, 0.15) is 11.4 Å². The van der Waals surface area contributed by atoms with Crippen molar-refractivity contribution in [1.82, 2.24) is 9.88 Å². The zero-order chi connectivity index (χ0) is 21.7. The van der Waals surface area contributed by atoms with Crippen LogP contribution >= 0.6 is 0 Å². The number of nitrogens with one attached hydrogen (secondary N) is 1. The Hall–Kier alpha value is -3.35. The molecule has 0 spiro atoms. The first-order valence-electron chi connectivity index (χ1n) is 9.14. The van der Waals surface area contributed by atoms with Gasteiger partial charge in [-0.05, 0) is 44.5 Å². The van der Waals surface area contributed by atoms with Crippen LogP contribution in [0.4, 0.5) is 0 Å². The monoisotopic (exact) mass is 398 g/mol. The smallest absolute Gasteiger partial charge is 0.354 e. The predicted molar refractivity (Wildman–Crippen MR) is 110 cm³/mol. The van der Waals surface area contributed by atoms with E-state index in [-0.39, 0.29) is 23.9 Å². The number of ether oxygens (including phenoxy) is 2. The van der Waals surface area contributed by atoms with E-state index in [2.05, 4.69) is 11.6 Å². The zero-order valence-electron chi connectivity index (χ0n) is 17.4. The Balaban J connectivity index is 2.40. The van der Waals surface area contributed by atoms with Gasteiger partial charge in [0.15, 0.2) is 5.78 Å². The van der Waals surface area contributed by atoms with Crippen LogP contribution in [0.15, 0.2) is 36.9 Å². The minimum Gasteiger partial charge on any atom is -0.497 e. The van der Waals surface area contributed by atoms with Crippen LogP contribution in [0.25, 0.3) is 0 Å². The van der Waals surface area contributed by atoms with E-state index in [1.54, 1.807) is 51.1 Å². The molecule has 0 aliphatic heterocycles. The first-order valence-corrected chi connectivity index (χ1v) is 9.14. The molecule has 1 heterocycles. The second-order valence-electron chi connectivity index (χ2n) is 6.63. The van der Waals surface area contributed by atoms with Gasteiger partial charge < -0.3 is 19.4 Å². The predicted octanol–water partition coefficient (Wildman–Crippen LogP) is 3.33. The normalized spacial score (nSPS) is 11.5. The lowest BCUT2D eigenvalue weighted by Gasteiger charge is -2.27. The second-order valence-corrected chi connectivity index (χ2v) is 6.63. The summed E-state index contributed by atoms with van der Waals surface area (Å²) in [5.74, 6) is -0.589. The molecular formula is C22H26N2O5. The van der Waals surface area contributed by atoms with E-state index < -0.39 is 12.0 Å². The molecule has 2 rings (SSSR count). The Morgan fingerprint density at radius 1 is 1.24 bits per heavy atom. The fraction of sp³-hybridized carbons (Fsp3) is 0.318. The summed E-state index contributed by atoms with van der Waals surface area (Å²) in [6.45, 7) is 8.94. The zero-order valence-corrected chi connectivity index (χ0v) is 17.4. The lowest BCUT2D eigenvalue weighted by atomic mass is 9.99. The minimum atomic E-state index is -0.773. The molecule has 0 fully saturated rings. The summed E-state index contributed by atoms with van der Waals surface area (Å²) < 4.78 is 9.94. The third-order valence-electron chi connectivity index (χ3n) is 4.82. The summed E-state index contributed by atoms with van der Waals surface area (Å²) in [6.07, 6.45) is 1.57. The van der Waals surface area contributed by atoms with E-state index in [0.717, 1.165) is 0 Å². The van der Waals surface area contributed by atoms with Gasteiger partial charge in [-0.25, -0.2) is 4.79 Å². The van der Waals surface area contributed by atoms with E-state index in [0.29, 0.717) is 28.1 Å². The van der Waals surface area contributed by atoms with Gasteiger partial charge in [0.25, 0.3) is 5.91 Å². The van der Waals surface area contributed by atoms with Crippen LogP contribution in [0, 0.1) is 13.8 Å². The van der Waals surface area contributed by atoms with Gasteiger partial charge in [0.2, 0.25) is 0 Å². The van der Waals surface area contributed by atoms with Crippen molar-refractivity contribution in [1.29, 1.82) is 0 Å². The molecule has 0 bridgehead atoms. The minimum absolute atomic E-state index is 0.190. The highest BCUT2D eigenvalue weighted by Gasteiger charge is 2.31. The van der Waals surface area contributed by atoms with Gasteiger partial charge in [-0.1, -0.05) is 12.1 Å². The van der Waals surface area contributed by atoms with E-state index >= 15 is 0 Å². The standard InChI is InChI=1S/C22H26N2O5/c1-7-11-24(21(26)16-9-8-10-17(12-16)28-5)15(4)20(25)18-13(2)19(22(27)29-6)23-14(18)3/h7-10,12,15,23H,1,11H2,2-6H3/t15-/m1/s1. The molecular weight excluding hydrogens is 372 g/mol. The molecule has 1 atom stereocenters. The molecule has 1 amide bonds. The summed E-state index contributed by atoms with van der Waals surface area (Å²) in [6, 6.07) is 5.97. The molecule has 7 heteroatoms. The molecule has 0 aliphatic rings. The lowest BCUT2D eigenvalue weighted by Crippen LogP contribution is -2.43. The van der Waals surface area contributed by atoms with Crippen molar-refractivity contribution in [3.8, 4) is 5.75 Å². The number of methoxy groups -OCH3 is 2. The average Bonchev–Trinajstić information content (AvgIpc) is 3.03. The summed E-state index contributed by atoms with van der Waals surface area (Å²) in [5.41, 5.74) is 2.06. The number of esters is 1. The van der Waals surface area contributed by atoms with Crippen LogP contribution in [-0.2, 0) is 4.74 Å². The molecule has 1 aromatic heterocycles. The fourth-order valence-electron chi connectivity index (χ4n) is 3.25. The van der Waals surface area contributed by atoms with Gasteiger partial charge >= 0.3 is 5.97 Å². The molecule has 1 aromatic carbocycles. The van der Waals surface area contributed by atoms with Crippen molar-refractivity contribution < 1.29 is 23.9 Å². The van der Waals surface area contributed by atoms with Crippen LogP contribution in [0.3, 0.4) is 0 Å². The molecule has 0 radical (unpaired) electrons. The van der Waals surface area contributed by atoms with Gasteiger partial charge in [0.05, 0.1) is 20.3 Å². The van der Waals surface area contributed by atoms with Crippen LogP contribution in [0.2, 0.25) is 0 Å². The van der Waals surface area contributed by atoms with Crippen LogP contribution in [0.1, 0.15) is 49.4 Å².